The summed E-state index contributed by atoms with van der Waals surface area (Å²) in [4.78, 5) is 67.0. The number of urea groups is 1. The summed E-state index contributed by atoms with van der Waals surface area (Å²) < 4.78 is 63.1. The maximum atomic E-state index is 12.6. The van der Waals surface area contributed by atoms with Gasteiger partial charge in [-0.05, 0) is 85.2 Å². The van der Waals surface area contributed by atoms with Crippen molar-refractivity contribution in [2.24, 2.45) is 0 Å². The monoisotopic (exact) mass is 828 g/mol. The number of alkyl halides is 6. The van der Waals surface area contributed by atoms with Crippen LogP contribution in [0.25, 0.3) is 0 Å². The first-order valence-electron chi connectivity index (χ1n) is 17.8. The van der Waals surface area contributed by atoms with Crippen LogP contribution in [0.2, 0.25) is 0 Å². The summed E-state index contributed by atoms with van der Waals surface area (Å²) in [5.41, 5.74) is 12.0. The lowest BCUT2D eigenvalue weighted by Crippen LogP contribution is -2.50. The van der Waals surface area contributed by atoms with E-state index in [1.165, 1.54) is 0 Å². The molecule has 318 valence electrons. The van der Waals surface area contributed by atoms with E-state index in [2.05, 4.69) is 32.7 Å². The molecule has 0 fully saturated rings. The Morgan fingerprint density at radius 1 is 0.534 bits per heavy atom. The molecule has 0 aliphatic carbocycles. The highest BCUT2D eigenvalue weighted by Crippen LogP contribution is 2.14. The lowest BCUT2D eigenvalue weighted by Gasteiger charge is -2.10. The first kappa shape index (κ1) is 50.0. The molecule has 0 unspecified atom stereocenters. The summed E-state index contributed by atoms with van der Waals surface area (Å²) in [7, 11) is 0. The molecular formula is C38H46F6N6O8. The van der Waals surface area contributed by atoms with Gasteiger partial charge in [-0.25, -0.2) is 4.79 Å². The van der Waals surface area contributed by atoms with Crippen molar-refractivity contribution in [3.8, 4) is 0 Å². The number of unbranched alkanes of at least 4 members (excludes halogenated alkanes) is 3. The number of hydrogen-bond acceptors (Lipinski definition) is 8. The first-order chi connectivity index (χ1) is 27.3. The van der Waals surface area contributed by atoms with E-state index in [0.717, 1.165) is 61.9 Å². The number of quaternary nitrogens is 2. The Kier molecular flexibility index (Phi) is 22.4. The number of aliphatic carboxylic acids is 2. The van der Waals surface area contributed by atoms with E-state index in [0.29, 0.717) is 49.3 Å². The van der Waals surface area contributed by atoms with Crippen LogP contribution in [0.15, 0.2) is 72.8 Å². The predicted octanol–water partition coefficient (Wildman–Crippen LogP) is 1.20. The molecule has 0 aliphatic rings. The fourth-order valence-electron chi connectivity index (χ4n) is 4.49. The highest BCUT2D eigenvalue weighted by molar-refractivity contribution is 5.97. The summed E-state index contributed by atoms with van der Waals surface area (Å²) in [6.45, 7) is 3.05. The molecule has 58 heavy (non-hydrogen) atoms. The molecule has 0 saturated carbocycles. The SMILES string of the molecule is O=C([O-])C(F)(F)F.O=C([O-])C(F)(F)F.[NH3+]CCCCCC(=O)Cc1ccc(CNC(=O)c2ccc(C(=O)NCc3ccc(NC(=O)NCCCC[NH3+])cc3)cc2)cc1. The maximum Gasteiger partial charge on any atom is 0.430 e. The van der Waals surface area contributed by atoms with Crippen LogP contribution in [0.4, 0.5) is 36.8 Å². The predicted molar refractivity (Wildman–Crippen MR) is 193 cm³/mol. The van der Waals surface area contributed by atoms with Gasteiger partial charge in [-0.2, -0.15) is 26.3 Å². The Balaban J connectivity index is 0.00000102. The molecule has 3 rings (SSSR count). The number of carboxylic acids is 2. The normalized spacial score (nSPS) is 10.8. The zero-order valence-electron chi connectivity index (χ0n) is 31.4. The summed E-state index contributed by atoms with van der Waals surface area (Å²) in [6, 6.07) is 21.2. The van der Waals surface area contributed by atoms with Gasteiger partial charge in [0.05, 0.1) is 13.1 Å². The third-order valence-corrected chi connectivity index (χ3v) is 7.58. The highest BCUT2D eigenvalue weighted by Gasteiger charge is 2.29. The molecule has 0 aromatic heterocycles. The third-order valence-electron chi connectivity index (χ3n) is 7.58. The molecule has 14 nitrogen and oxygen atoms in total. The van der Waals surface area contributed by atoms with Crippen molar-refractivity contribution in [3.63, 3.8) is 0 Å². The standard InChI is InChI=1S/C34H44N6O4.2C2HF3O2/c35-19-3-1-2-6-31(41)22-25-7-9-26(10-8-25)23-38-32(42)28-13-15-29(16-14-28)33(43)39-24-27-11-17-30(18-12-27)40-34(44)37-21-5-4-20-36;2*3-2(4,5)1(6)7/h7-18H,1-6,19-24,35-36H2,(H,38,42)(H,39,43)(H2,37,40,44);2*(H,6,7). The second kappa shape index (κ2) is 26.0. The Hall–Kier alpha value is -6.02. The van der Waals surface area contributed by atoms with Crippen molar-refractivity contribution < 1.29 is 76.8 Å². The number of anilines is 1. The smallest absolute Gasteiger partial charge is 0.430 e. The van der Waals surface area contributed by atoms with Crippen LogP contribution in [-0.2, 0) is 33.9 Å². The van der Waals surface area contributed by atoms with Gasteiger partial charge in [0.2, 0.25) is 0 Å². The fraction of sp³-hybridized carbons (Fsp3) is 0.368. The Labute approximate surface area is 329 Å². The number of ketones is 1. The number of carboxylic acid groups (broad SMARTS) is 2. The number of halogens is 6. The molecular weight excluding hydrogens is 782 g/mol. The summed E-state index contributed by atoms with van der Waals surface area (Å²) in [5, 5.41) is 28.9. The average Bonchev–Trinajstić information content (AvgIpc) is 3.17. The molecule has 0 heterocycles. The largest absolute Gasteiger partial charge is 0.542 e. The number of carbonyl (C=O) groups excluding carboxylic acids is 6. The molecule has 10 N–H and O–H groups in total. The zero-order chi connectivity index (χ0) is 43.7. The number of carbonyl (C=O) groups is 6. The molecule has 0 bridgehead atoms. The number of hydrogen-bond donors (Lipinski definition) is 6. The van der Waals surface area contributed by atoms with E-state index in [1.54, 1.807) is 36.4 Å². The van der Waals surface area contributed by atoms with Gasteiger partial charge in [-0.3, -0.25) is 14.4 Å². The Morgan fingerprint density at radius 2 is 0.931 bits per heavy atom. The van der Waals surface area contributed by atoms with Crippen LogP contribution in [0, 0.1) is 0 Å². The van der Waals surface area contributed by atoms with E-state index in [-0.39, 0.29) is 23.6 Å². The van der Waals surface area contributed by atoms with Crippen LogP contribution in [0.3, 0.4) is 0 Å². The van der Waals surface area contributed by atoms with E-state index >= 15 is 0 Å². The minimum absolute atomic E-state index is 0.237. The van der Waals surface area contributed by atoms with Gasteiger partial charge in [0.25, 0.3) is 11.8 Å². The summed E-state index contributed by atoms with van der Waals surface area (Å²) in [5.74, 6) is -6.26. The number of amides is 4. The second-order valence-electron chi connectivity index (χ2n) is 12.3. The molecule has 0 atom stereocenters. The summed E-state index contributed by atoms with van der Waals surface area (Å²) >= 11 is 0. The second-order valence-corrected chi connectivity index (χ2v) is 12.3. The third kappa shape index (κ3) is 21.9. The lowest BCUT2D eigenvalue weighted by atomic mass is 10.0. The van der Waals surface area contributed by atoms with Gasteiger partial charge in [-0.15, -0.1) is 0 Å². The Morgan fingerprint density at radius 3 is 1.34 bits per heavy atom. The minimum atomic E-state index is -5.19. The van der Waals surface area contributed by atoms with Crippen LogP contribution in [-0.4, -0.2) is 67.6 Å². The fourth-order valence-corrected chi connectivity index (χ4v) is 4.49. The molecule has 4 amide bonds. The van der Waals surface area contributed by atoms with Gasteiger partial charge in [0.1, 0.15) is 17.7 Å². The van der Waals surface area contributed by atoms with Crippen LogP contribution >= 0.6 is 0 Å². The molecule has 3 aromatic rings. The Bertz CT molecular complexity index is 1630. The quantitative estimate of drug-likeness (QED) is 0.0801. The van der Waals surface area contributed by atoms with Crippen molar-refractivity contribution in [2.75, 3.05) is 25.0 Å². The zero-order valence-corrected chi connectivity index (χ0v) is 31.4. The highest BCUT2D eigenvalue weighted by atomic mass is 19.4. The molecule has 0 aliphatic heterocycles. The van der Waals surface area contributed by atoms with E-state index in [4.69, 9.17) is 19.8 Å². The van der Waals surface area contributed by atoms with Crippen LogP contribution in [0.5, 0.6) is 0 Å². The van der Waals surface area contributed by atoms with E-state index in [9.17, 15) is 45.5 Å². The maximum absolute atomic E-state index is 12.6. The van der Waals surface area contributed by atoms with Crippen molar-refractivity contribution in [1.29, 1.82) is 0 Å². The van der Waals surface area contributed by atoms with Crippen molar-refractivity contribution >= 4 is 41.3 Å². The average molecular weight is 829 g/mol. The number of benzene rings is 3. The molecule has 0 saturated heterocycles. The van der Waals surface area contributed by atoms with E-state index < -0.39 is 24.3 Å². The van der Waals surface area contributed by atoms with Gasteiger partial charge < -0.3 is 52.5 Å². The first-order valence-corrected chi connectivity index (χ1v) is 17.8. The van der Waals surface area contributed by atoms with Gasteiger partial charge in [0.15, 0.2) is 0 Å². The molecule has 0 radical (unpaired) electrons. The lowest BCUT2D eigenvalue weighted by molar-refractivity contribution is -0.368. The van der Waals surface area contributed by atoms with Gasteiger partial charge in [-0.1, -0.05) is 36.4 Å². The van der Waals surface area contributed by atoms with Crippen molar-refractivity contribution in [1.82, 2.24) is 16.0 Å². The molecule has 20 heteroatoms. The minimum Gasteiger partial charge on any atom is -0.542 e. The van der Waals surface area contributed by atoms with Crippen molar-refractivity contribution in [3.05, 3.63) is 101 Å². The van der Waals surface area contributed by atoms with E-state index in [1.807, 2.05) is 36.4 Å². The number of rotatable bonds is 18. The van der Waals surface area contributed by atoms with Crippen LogP contribution in [0.1, 0.15) is 75.9 Å². The van der Waals surface area contributed by atoms with Gasteiger partial charge in [0, 0.05) is 49.3 Å². The molecule has 3 aromatic carbocycles. The molecule has 0 spiro atoms. The number of Topliss-reactive ketones (excluding diaryl/α,β-unsaturated/α-hetero) is 1. The summed E-state index contributed by atoms with van der Waals surface area (Å²) in [6.07, 6.45) is -4.48. The van der Waals surface area contributed by atoms with Crippen molar-refractivity contribution in [2.45, 2.75) is 70.4 Å². The van der Waals surface area contributed by atoms with Crippen LogP contribution < -0.4 is 42.9 Å². The topological polar surface area (TPSA) is 252 Å². The van der Waals surface area contributed by atoms with Gasteiger partial charge >= 0.3 is 18.4 Å². The number of nitrogens with one attached hydrogen (secondary N) is 4.